The van der Waals surface area contributed by atoms with Gasteiger partial charge in [0.15, 0.2) is 0 Å². The van der Waals surface area contributed by atoms with Gasteiger partial charge in [0.05, 0.1) is 12.8 Å². The lowest BCUT2D eigenvalue weighted by atomic mass is 9.94. The number of rotatable bonds is 6. The molecule has 6 heteroatoms. The minimum atomic E-state index is -1.04. The van der Waals surface area contributed by atoms with Crippen molar-refractivity contribution in [3.63, 3.8) is 0 Å². The summed E-state index contributed by atoms with van der Waals surface area (Å²) in [5.74, 6) is -2.87. The van der Waals surface area contributed by atoms with Crippen molar-refractivity contribution in [3.8, 4) is 0 Å². The molecule has 0 aliphatic carbocycles. The Kier molecular flexibility index (Phi) is 5.19. The van der Waals surface area contributed by atoms with E-state index in [1.54, 1.807) is 13.8 Å². The highest BCUT2D eigenvalue weighted by Gasteiger charge is 2.27. The molecule has 0 radical (unpaired) electrons. The van der Waals surface area contributed by atoms with Crippen molar-refractivity contribution in [1.29, 1.82) is 0 Å². The highest BCUT2D eigenvalue weighted by molar-refractivity contribution is 5.80. The lowest BCUT2D eigenvalue weighted by molar-refractivity contribution is -0.139. The van der Waals surface area contributed by atoms with Crippen LogP contribution in [0.15, 0.2) is 18.2 Å². The standard InChI is InChI=1S/C14H17F2NO3/c1-3-14(2,8-13(19)20)17-12(18)7-9-6-10(15)4-5-11(9)16/h4-6H,3,7-8H2,1-2H3,(H,17,18)(H,19,20)/t14-/m1/s1. The Morgan fingerprint density at radius 2 is 2.00 bits per heavy atom. The zero-order valence-electron chi connectivity index (χ0n) is 11.4. The molecule has 0 unspecified atom stereocenters. The minimum absolute atomic E-state index is 0.0590. The maximum Gasteiger partial charge on any atom is 0.305 e. The van der Waals surface area contributed by atoms with E-state index in [1.807, 2.05) is 0 Å². The molecule has 0 fully saturated rings. The van der Waals surface area contributed by atoms with E-state index < -0.39 is 29.0 Å². The molecule has 0 saturated heterocycles. The zero-order chi connectivity index (χ0) is 15.3. The van der Waals surface area contributed by atoms with E-state index in [0.29, 0.717) is 6.42 Å². The first-order valence-electron chi connectivity index (χ1n) is 6.22. The fraction of sp³-hybridized carbons (Fsp3) is 0.429. The van der Waals surface area contributed by atoms with Crippen molar-refractivity contribution in [2.45, 2.75) is 38.6 Å². The molecule has 1 aromatic rings. The molecule has 0 spiro atoms. The number of carboxylic acids is 1. The van der Waals surface area contributed by atoms with Crippen molar-refractivity contribution in [2.24, 2.45) is 0 Å². The van der Waals surface area contributed by atoms with Crippen LogP contribution >= 0.6 is 0 Å². The van der Waals surface area contributed by atoms with Gasteiger partial charge in [0.2, 0.25) is 5.91 Å². The van der Waals surface area contributed by atoms with Crippen LogP contribution in [-0.4, -0.2) is 22.5 Å². The molecule has 2 N–H and O–H groups in total. The Morgan fingerprint density at radius 3 is 2.55 bits per heavy atom. The topological polar surface area (TPSA) is 66.4 Å². The number of aliphatic carboxylic acids is 1. The third-order valence-electron chi connectivity index (χ3n) is 3.12. The van der Waals surface area contributed by atoms with Crippen molar-refractivity contribution in [3.05, 3.63) is 35.4 Å². The van der Waals surface area contributed by atoms with Crippen LogP contribution < -0.4 is 5.32 Å². The second-order valence-corrected chi connectivity index (χ2v) is 4.95. The summed E-state index contributed by atoms with van der Waals surface area (Å²) in [5, 5.41) is 11.4. The molecule has 110 valence electrons. The molecule has 1 atom stereocenters. The van der Waals surface area contributed by atoms with Crippen LogP contribution in [0.3, 0.4) is 0 Å². The van der Waals surface area contributed by atoms with Gasteiger partial charge in [-0.05, 0) is 31.5 Å². The van der Waals surface area contributed by atoms with E-state index >= 15 is 0 Å². The predicted octanol–water partition coefficient (Wildman–Crippen LogP) is 2.27. The third-order valence-corrected chi connectivity index (χ3v) is 3.12. The van der Waals surface area contributed by atoms with Gasteiger partial charge in [-0.1, -0.05) is 6.92 Å². The molecule has 1 aromatic carbocycles. The number of halogens is 2. The minimum Gasteiger partial charge on any atom is -0.481 e. The lowest BCUT2D eigenvalue weighted by Gasteiger charge is -2.28. The van der Waals surface area contributed by atoms with Gasteiger partial charge in [-0.25, -0.2) is 8.78 Å². The van der Waals surface area contributed by atoms with Gasteiger partial charge in [-0.15, -0.1) is 0 Å². The van der Waals surface area contributed by atoms with E-state index in [-0.39, 0.29) is 18.4 Å². The average molecular weight is 285 g/mol. The highest BCUT2D eigenvalue weighted by Crippen LogP contribution is 2.16. The number of carbonyl (C=O) groups is 2. The number of hydrogen-bond donors (Lipinski definition) is 2. The number of benzene rings is 1. The Bertz CT molecular complexity index is 519. The third kappa shape index (κ3) is 4.60. The Morgan fingerprint density at radius 1 is 1.35 bits per heavy atom. The van der Waals surface area contributed by atoms with Gasteiger partial charge in [0.25, 0.3) is 0 Å². The van der Waals surface area contributed by atoms with E-state index in [1.165, 1.54) is 0 Å². The summed E-state index contributed by atoms with van der Waals surface area (Å²) in [4.78, 5) is 22.6. The Labute approximate surface area is 115 Å². The second-order valence-electron chi connectivity index (χ2n) is 4.95. The summed E-state index contributed by atoms with van der Waals surface area (Å²) >= 11 is 0. The number of nitrogens with one attached hydrogen (secondary N) is 1. The Balaban J connectivity index is 2.76. The van der Waals surface area contributed by atoms with Crippen molar-refractivity contribution in [2.75, 3.05) is 0 Å². The smallest absolute Gasteiger partial charge is 0.305 e. The molecule has 4 nitrogen and oxygen atoms in total. The van der Waals surface area contributed by atoms with Crippen LogP contribution in [0.4, 0.5) is 8.78 Å². The second kappa shape index (κ2) is 6.45. The lowest BCUT2D eigenvalue weighted by Crippen LogP contribution is -2.47. The van der Waals surface area contributed by atoms with Gasteiger partial charge in [0.1, 0.15) is 11.6 Å². The van der Waals surface area contributed by atoms with Crippen molar-refractivity contribution >= 4 is 11.9 Å². The summed E-state index contributed by atoms with van der Waals surface area (Å²) in [6.07, 6.45) is -0.156. The molecule has 0 saturated carbocycles. The van der Waals surface area contributed by atoms with Gasteiger partial charge in [0, 0.05) is 11.1 Å². The largest absolute Gasteiger partial charge is 0.481 e. The molecule has 0 aromatic heterocycles. The SMILES string of the molecule is CC[C@](C)(CC(=O)O)NC(=O)Cc1cc(F)ccc1F. The Hall–Kier alpha value is -1.98. The molecule has 0 aliphatic rings. The predicted molar refractivity (Wildman–Crippen MR) is 69.2 cm³/mol. The molecule has 0 aliphatic heterocycles. The fourth-order valence-corrected chi connectivity index (χ4v) is 1.82. The average Bonchev–Trinajstić information content (AvgIpc) is 2.32. The maximum absolute atomic E-state index is 13.4. The molecule has 0 bridgehead atoms. The summed E-state index contributed by atoms with van der Waals surface area (Å²) in [6.45, 7) is 3.34. The van der Waals surface area contributed by atoms with E-state index in [4.69, 9.17) is 5.11 Å². The van der Waals surface area contributed by atoms with Crippen molar-refractivity contribution in [1.82, 2.24) is 5.32 Å². The molecular formula is C14H17F2NO3. The molecule has 1 amide bonds. The van der Waals surface area contributed by atoms with Gasteiger partial charge < -0.3 is 10.4 Å². The highest BCUT2D eigenvalue weighted by atomic mass is 19.1. The van der Waals surface area contributed by atoms with Gasteiger partial charge in [-0.3, -0.25) is 9.59 Å². The quantitative estimate of drug-likeness (QED) is 0.842. The van der Waals surface area contributed by atoms with E-state index in [2.05, 4.69) is 5.32 Å². The van der Waals surface area contributed by atoms with E-state index in [0.717, 1.165) is 18.2 Å². The number of hydrogen-bond acceptors (Lipinski definition) is 2. The first-order valence-corrected chi connectivity index (χ1v) is 6.22. The molecule has 20 heavy (non-hydrogen) atoms. The van der Waals surface area contributed by atoms with Crippen LogP contribution in [0.1, 0.15) is 32.3 Å². The number of carboxylic acid groups (broad SMARTS) is 1. The molecule has 0 heterocycles. The maximum atomic E-state index is 13.4. The molecule has 1 rings (SSSR count). The van der Waals surface area contributed by atoms with E-state index in [9.17, 15) is 18.4 Å². The van der Waals surface area contributed by atoms with Crippen LogP contribution in [0, 0.1) is 11.6 Å². The number of amides is 1. The summed E-state index contributed by atoms with van der Waals surface area (Å²) < 4.78 is 26.4. The van der Waals surface area contributed by atoms with Gasteiger partial charge >= 0.3 is 5.97 Å². The van der Waals surface area contributed by atoms with Crippen LogP contribution in [0.25, 0.3) is 0 Å². The van der Waals surface area contributed by atoms with Crippen LogP contribution in [0.5, 0.6) is 0 Å². The van der Waals surface area contributed by atoms with Crippen molar-refractivity contribution < 1.29 is 23.5 Å². The summed E-state index contributed by atoms with van der Waals surface area (Å²) in [7, 11) is 0. The zero-order valence-corrected chi connectivity index (χ0v) is 11.4. The monoisotopic (exact) mass is 285 g/mol. The van der Waals surface area contributed by atoms with Crippen LogP contribution in [-0.2, 0) is 16.0 Å². The van der Waals surface area contributed by atoms with Crippen LogP contribution in [0.2, 0.25) is 0 Å². The molecular weight excluding hydrogens is 268 g/mol. The normalized spacial score (nSPS) is 13.6. The van der Waals surface area contributed by atoms with Gasteiger partial charge in [-0.2, -0.15) is 0 Å². The first-order chi connectivity index (χ1) is 9.25. The number of carbonyl (C=O) groups excluding carboxylic acids is 1. The first kappa shape index (κ1) is 16.1. The fourth-order valence-electron chi connectivity index (χ4n) is 1.82. The summed E-state index contributed by atoms with van der Waals surface area (Å²) in [6, 6.07) is 2.88. The summed E-state index contributed by atoms with van der Waals surface area (Å²) in [5.41, 5.74) is -0.969.